The highest BCUT2D eigenvalue weighted by molar-refractivity contribution is 7.10. The fraction of sp³-hybridized carbons (Fsp3) is 0.583. The van der Waals surface area contributed by atoms with E-state index in [4.69, 9.17) is 38.6 Å². The third-order valence-electron chi connectivity index (χ3n) is 14.1. The van der Waals surface area contributed by atoms with E-state index in [0.29, 0.717) is 37.6 Å². The summed E-state index contributed by atoms with van der Waals surface area (Å²) < 4.78 is 24.1. The normalized spacial score (nSPS) is 23.7. The lowest BCUT2D eigenvalue weighted by Gasteiger charge is -2.47. The SMILES string of the molecule is COc1ccsc1CN(CC[C@@]1(c2ccccn2)CCOC2(CCCC2)C1)OC(=O)C(O)C(O)C(=O)ON(CC[C@@]1(c2ccccn2)CCOC2(CCCC2)C1)Cc1sccc1OC. The zero-order valence-electron chi connectivity index (χ0n) is 37.0. The lowest BCUT2D eigenvalue weighted by molar-refractivity contribution is -0.223. The van der Waals surface area contributed by atoms with Gasteiger partial charge in [-0.15, -0.1) is 32.8 Å². The van der Waals surface area contributed by atoms with Crippen LogP contribution in [-0.4, -0.2) is 106 Å². The highest BCUT2D eigenvalue weighted by Gasteiger charge is 2.50. The zero-order valence-corrected chi connectivity index (χ0v) is 38.6. The Morgan fingerprint density at radius 2 is 1.08 bits per heavy atom. The van der Waals surface area contributed by atoms with E-state index in [1.54, 1.807) is 14.2 Å². The van der Waals surface area contributed by atoms with E-state index in [0.717, 1.165) is 98.2 Å². The van der Waals surface area contributed by atoms with Crippen molar-refractivity contribution in [1.82, 2.24) is 20.1 Å². The van der Waals surface area contributed by atoms with Crippen LogP contribution in [-0.2, 0) is 52.7 Å². The average Bonchev–Trinajstić information content (AvgIpc) is 4.17. The second-order valence-electron chi connectivity index (χ2n) is 18.1. The van der Waals surface area contributed by atoms with Gasteiger partial charge in [-0.1, -0.05) is 37.8 Å². The smallest absolute Gasteiger partial charge is 0.357 e. The van der Waals surface area contributed by atoms with Gasteiger partial charge >= 0.3 is 11.9 Å². The third kappa shape index (κ3) is 10.5. The van der Waals surface area contributed by atoms with Gasteiger partial charge in [-0.3, -0.25) is 9.97 Å². The third-order valence-corrected chi connectivity index (χ3v) is 15.9. The summed E-state index contributed by atoms with van der Waals surface area (Å²) in [5.74, 6) is -1.10. The van der Waals surface area contributed by atoms with Crippen molar-refractivity contribution in [3.8, 4) is 11.5 Å². The van der Waals surface area contributed by atoms with Crippen LogP contribution in [0.3, 0.4) is 0 Å². The summed E-state index contributed by atoms with van der Waals surface area (Å²) >= 11 is 2.90. The quantitative estimate of drug-likeness (QED) is 0.0892. The second kappa shape index (κ2) is 20.7. The number of methoxy groups -OCH3 is 2. The number of aliphatic hydroxyl groups excluding tert-OH is 2. The fourth-order valence-corrected chi connectivity index (χ4v) is 12.5. The van der Waals surface area contributed by atoms with Crippen LogP contribution in [0, 0.1) is 0 Å². The first-order chi connectivity index (χ1) is 31.1. The number of thiophene rings is 2. The van der Waals surface area contributed by atoms with Gasteiger partial charge in [0.15, 0.2) is 12.2 Å². The lowest BCUT2D eigenvalue weighted by Crippen LogP contribution is -2.49. The van der Waals surface area contributed by atoms with Gasteiger partial charge in [0.2, 0.25) is 0 Å². The number of hydrogen-bond acceptors (Lipinski definition) is 16. The molecule has 16 heteroatoms. The molecule has 4 aliphatic rings. The standard InChI is InChI=1S/C48H62N4O10S2/c1-57-35-13-29-63-37(35)31-51(25-19-45(39-11-3-9-23-49-39)21-27-59-47(33-45)15-5-6-16-47)61-43(55)41(53)42(54)44(56)62-52(32-38-36(58-2)14-30-64-38)26-20-46(40-12-4-10-24-50-40)22-28-60-48(34-46)17-7-8-18-48/h3-4,9-14,23-24,29-30,41-42,53-54H,5-8,15-22,25-28,31-34H2,1-2H3/t41?,42?,45-,46-/m1/s1. The maximum absolute atomic E-state index is 13.9. The molecule has 2 N–H and O–H groups in total. The monoisotopic (exact) mass is 918 g/mol. The van der Waals surface area contributed by atoms with Crippen LogP contribution in [0.1, 0.15) is 111 Å². The van der Waals surface area contributed by atoms with Gasteiger partial charge in [-0.25, -0.2) is 9.59 Å². The van der Waals surface area contributed by atoms with Gasteiger partial charge in [0.25, 0.3) is 0 Å². The summed E-state index contributed by atoms with van der Waals surface area (Å²) in [7, 11) is 3.16. The van der Waals surface area contributed by atoms with E-state index < -0.39 is 24.1 Å². The molecule has 8 rings (SSSR count). The molecule has 6 heterocycles. The van der Waals surface area contributed by atoms with Gasteiger partial charge in [0.1, 0.15) is 11.5 Å². The minimum Gasteiger partial charge on any atom is -0.496 e. The molecular formula is C48H62N4O10S2. The van der Waals surface area contributed by atoms with Crippen LogP contribution in [0.2, 0.25) is 0 Å². The molecule has 0 amide bonds. The van der Waals surface area contributed by atoms with Crippen molar-refractivity contribution in [2.45, 2.75) is 137 Å². The molecule has 0 aromatic carbocycles. The molecule has 0 radical (unpaired) electrons. The Kier molecular flexibility index (Phi) is 15.0. The first-order valence-electron chi connectivity index (χ1n) is 22.7. The van der Waals surface area contributed by atoms with Gasteiger partial charge in [-0.05, 0) is 111 Å². The van der Waals surface area contributed by atoms with E-state index in [2.05, 4.69) is 12.1 Å². The Morgan fingerprint density at radius 3 is 1.45 bits per heavy atom. The number of hydrogen-bond donors (Lipinski definition) is 2. The van der Waals surface area contributed by atoms with Gasteiger partial charge in [-0.2, -0.15) is 0 Å². The molecule has 346 valence electrons. The molecule has 2 aliphatic carbocycles. The molecular weight excluding hydrogens is 857 g/mol. The molecule has 4 aromatic heterocycles. The van der Waals surface area contributed by atoms with Crippen LogP contribution in [0.15, 0.2) is 71.7 Å². The van der Waals surface area contributed by atoms with Crippen molar-refractivity contribution in [2.24, 2.45) is 0 Å². The second-order valence-corrected chi connectivity index (χ2v) is 20.1. The zero-order chi connectivity index (χ0) is 44.6. The van der Waals surface area contributed by atoms with Crippen LogP contribution >= 0.6 is 22.7 Å². The largest absolute Gasteiger partial charge is 0.496 e. The van der Waals surface area contributed by atoms with E-state index in [1.807, 2.05) is 59.6 Å². The van der Waals surface area contributed by atoms with Crippen LogP contribution in [0.5, 0.6) is 11.5 Å². The highest BCUT2D eigenvalue weighted by Crippen LogP contribution is 2.51. The summed E-state index contributed by atoms with van der Waals surface area (Å²) in [6.07, 6.45) is 11.8. The topological polar surface area (TPSA) is 162 Å². The molecule has 0 bridgehead atoms. The fourth-order valence-electron chi connectivity index (χ4n) is 10.8. The summed E-state index contributed by atoms with van der Waals surface area (Å²) in [4.78, 5) is 50.9. The Labute approximate surface area is 383 Å². The molecule has 4 aromatic rings. The van der Waals surface area contributed by atoms with Crippen LogP contribution in [0.25, 0.3) is 0 Å². The predicted octanol–water partition coefficient (Wildman–Crippen LogP) is 7.46. The number of carbonyl (C=O) groups excluding carboxylic acids is 2. The van der Waals surface area contributed by atoms with E-state index in [9.17, 15) is 19.8 Å². The lowest BCUT2D eigenvalue weighted by atomic mass is 9.68. The molecule has 2 unspecified atom stereocenters. The Morgan fingerprint density at radius 1 is 0.656 bits per heavy atom. The van der Waals surface area contributed by atoms with Gasteiger partial charge in [0.05, 0.1) is 48.3 Å². The Bertz CT molecular complexity index is 1980. The van der Waals surface area contributed by atoms with Crippen molar-refractivity contribution < 1.29 is 48.4 Å². The molecule has 4 fully saturated rings. The molecule has 2 saturated carbocycles. The molecule has 14 nitrogen and oxygen atoms in total. The number of aromatic nitrogens is 2. The summed E-state index contributed by atoms with van der Waals surface area (Å²) in [5, 5.41) is 29.5. The molecule has 2 spiro atoms. The number of ether oxygens (including phenoxy) is 4. The van der Waals surface area contributed by atoms with Crippen molar-refractivity contribution in [2.75, 3.05) is 40.5 Å². The first kappa shape index (κ1) is 46.5. The minimum absolute atomic E-state index is 0.153. The highest BCUT2D eigenvalue weighted by atomic mass is 32.1. The average molecular weight is 919 g/mol. The van der Waals surface area contributed by atoms with Crippen molar-refractivity contribution in [3.05, 3.63) is 92.8 Å². The predicted molar refractivity (Wildman–Crippen MR) is 241 cm³/mol. The number of hydroxylamine groups is 4. The number of nitrogens with zero attached hydrogens (tertiary/aromatic N) is 4. The molecule has 2 saturated heterocycles. The number of rotatable bonds is 19. The Hall–Kier alpha value is -4.00. The minimum atomic E-state index is -2.24. The van der Waals surface area contributed by atoms with Gasteiger partial charge < -0.3 is 38.8 Å². The van der Waals surface area contributed by atoms with Crippen LogP contribution in [0.4, 0.5) is 0 Å². The summed E-state index contributed by atoms with van der Waals surface area (Å²) in [6.45, 7) is 2.04. The van der Waals surface area contributed by atoms with Crippen molar-refractivity contribution in [1.29, 1.82) is 0 Å². The van der Waals surface area contributed by atoms with Crippen molar-refractivity contribution >= 4 is 34.6 Å². The first-order valence-corrected chi connectivity index (χ1v) is 24.5. The molecule has 64 heavy (non-hydrogen) atoms. The Balaban J connectivity index is 0.985. The number of aliphatic hydroxyl groups is 2. The van der Waals surface area contributed by atoms with E-state index in [-0.39, 0.29) is 48.2 Å². The molecule has 4 atom stereocenters. The van der Waals surface area contributed by atoms with Crippen molar-refractivity contribution in [3.63, 3.8) is 0 Å². The maximum Gasteiger partial charge on any atom is 0.357 e. The van der Waals surface area contributed by atoms with Gasteiger partial charge in [0, 0.05) is 60.9 Å². The van der Waals surface area contributed by atoms with Crippen LogP contribution < -0.4 is 9.47 Å². The molecule has 2 aliphatic heterocycles. The van der Waals surface area contributed by atoms with E-state index in [1.165, 1.54) is 32.8 Å². The summed E-state index contributed by atoms with van der Waals surface area (Å²) in [5.41, 5.74) is 0.768. The number of carbonyl (C=O) groups is 2. The number of pyridine rings is 2. The summed E-state index contributed by atoms with van der Waals surface area (Å²) in [6, 6.07) is 15.6. The maximum atomic E-state index is 13.9. The van der Waals surface area contributed by atoms with E-state index >= 15 is 0 Å².